The number of fused-ring (bicyclic) bond motifs is 1. The van der Waals surface area contributed by atoms with Gasteiger partial charge in [-0.15, -0.1) is 6.42 Å². The Morgan fingerprint density at radius 1 is 1.07 bits per heavy atom. The molecule has 1 N–H and O–H groups in total. The molecule has 0 amide bonds. The first-order valence-corrected chi connectivity index (χ1v) is 12.5. The van der Waals surface area contributed by atoms with E-state index in [-0.39, 0.29) is 47.8 Å². The lowest BCUT2D eigenvalue weighted by atomic mass is 9.95. The van der Waals surface area contributed by atoms with Gasteiger partial charge in [-0.1, -0.05) is 24.1 Å². The molecular formula is C29H22F2N6O4. The van der Waals surface area contributed by atoms with Gasteiger partial charge >= 0.3 is 11.2 Å². The molecule has 0 spiro atoms. The Bertz CT molecular complexity index is 1800. The molecule has 3 heterocycles. The van der Waals surface area contributed by atoms with Gasteiger partial charge < -0.3 is 10.0 Å². The van der Waals surface area contributed by atoms with Crippen LogP contribution in [0.2, 0.25) is 0 Å². The molecule has 0 saturated carbocycles. The van der Waals surface area contributed by atoms with Gasteiger partial charge in [-0.25, -0.2) is 13.8 Å². The third-order valence-corrected chi connectivity index (χ3v) is 7.08. The van der Waals surface area contributed by atoms with Crippen LogP contribution in [0.3, 0.4) is 0 Å². The van der Waals surface area contributed by atoms with Crippen molar-refractivity contribution < 1.29 is 18.8 Å². The highest BCUT2D eigenvalue weighted by Gasteiger charge is 2.34. The Labute approximate surface area is 232 Å². The Morgan fingerprint density at radius 3 is 2.37 bits per heavy atom. The van der Waals surface area contributed by atoms with Gasteiger partial charge in [-0.2, -0.15) is 5.26 Å². The molecule has 2 aromatic carbocycles. The first-order chi connectivity index (χ1) is 19.7. The second-order valence-electron chi connectivity index (χ2n) is 9.41. The molecular weight excluding hydrogens is 534 g/mol. The molecule has 2 aromatic heterocycles. The summed E-state index contributed by atoms with van der Waals surface area (Å²) in [7, 11) is 0. The summed E-state index contributed by atoms with van der Waals surface area (Å²) < 4.78 is 28.6. The van der Waals surface area contributed by atoms with Crippen LogP contribution in [0.25, 0.3) is 11.0 Å². The number of nitro groups is 1. The molecule has 41 heavy (non-hydrogen) atoms. The summed E-state index contributed by atoms with van der Waals surface area (Å²) >= 11 is 0. The lowest BCUT2D eigenvalue weighted by Gasteiger charge is -2.40. The molecule has 0 bridgehead atoms. The van der Waals surface area contributed by atoms with Gasteiger partial charge in [-0.3, -0.25) is 24.4 Å². The predicted molar refractivity (Wildman–Crippen MR) is 146 cm³/mol. The highest BCUT2D eigenvalue weighted by atomic mass is 19.1. The van der Waals surface area contributed by atoms with Crippen LogP contribution in [0.1, 0.15) is 22.9 Å². The van der Waals surface area contributed by atoms with Gasteiger partial charge in [0, 0.05) is 37.8 Å². The minimum atomic E-state index is -0.884. The average Bonchev–Trinajstić information content (AvgIpc) is 2.96. The highest BCUT2D eigenvalue weighted by molar-refractivity contribution is 5.94. The van der Waals surface area contributed by atoms with Crippen LogP contribution in [-0.4, -0.2) is 50.7 Å². The van der Waals surface area contributed by atoms with Crippen molar-refractivity contribution in [3.63, 3.8) is 0 Å². The number of rotatable bonds is 6. The zero-order chi connectivity index (χ0) is 29.3. The van der Waals surface area contributed by atoms with E-state index < -0.39 is 33.8 Å². The standard InChI is InChI=1S/C29H22F2N6O4/c1-2-11-36-23-10-8-21(17-32)33-25(23)27(28(29(36)39)37(40)41)35-14-12-34(13-15-35)26(18-3-5-19(30)6-4-18)22-9-7-20(31)16-24(22)38/h1,3-10,16,26,38H,11-15H2. The van der Waals surface area contributed by atoms with Crippen molar-refractivity contribution in [1.29, 1.82) is 5.26 Å². The van der Waals surface area contributed by atoms with Crippen molar-refractivity contribution in [2.24, 2.45) is 0 Å². The van der Waals surface area contributed by atoms with Crippen LogP contribution in [0.5, 0.6) is 5.75 Å². The largest absolute Gasteiger partial charge is 0.507 e. The number of piperazine rings is 1. The first kappa shape index (κ1) is 27.2. The fourth-order valence-electron chi connectivity index (χ4n) is 5.25. The Kier molecular flexibility index (Phi) is 7.34. The summed E-state index contributed by atoms with van der Waals surface area (Å²) in [6, 6.07) is 13.7. The maximum Gasteiger partial charge on any atom is 0.359 e. The molecule has 1 aliphatic rings. The third kappa shape index (κ3) is 5.04. The predicted octanol–water partition coefficient (Wildman–Crippen LogP) is 3.70. The number of nitrogens with zero attached hydrogens (tertiary/aromatic N) is 6. The van der Waals surface area contributed by atoms with Crippen molar-refractivity contribution in [2.45, 2.75) is 12.6 Å². The maximum atomic E-state index is 13.8. The van der Waals surface area contributed by atoms with Gasteiger partial charge in [-0.05, 0) is 35.9 Å². The molecule has 4 aromatic rings. The Balaban J connectivity index is 1.58. The van der Waals surface area contributed by atoms with Crippen molar-refractivity contribution >= 4 is 22.4 Å². The fraction of sp³-hybridized carbons (Fsp3) is 0.207. The minimum absolute atomic E-state index is 0.0111. The van der Waals surface area contributed by atoms with Crippen LogP contribution >= 0.6 is 0 Å². The summed E-state index contributed by atoms with van der Waals surface area (Å²) in [6.07, 6.45) is 5.42. The normalized spacial score (nSPS) is 14.4. The number of hydrogen-bond acceptors (Lipinski definition) is 8. The number of benzene rings is 2. The van der Waals surface area contributed by atoms with E-state index in [1.807, 2.05) is 11.0 Å². The maximum absolute atomic E-state index is 13.8. The van der Waals surface area contributed by atoms with E-state index >= 15 is 0 Å². The van der Waals surface area contributed by atoms with Crippen LogP contribution in [0, 0.1) is 45.4 Å². The molecule has 10 nitrogen and oxygen atoms in total. The van der Waals surface area contributed by atoms with Gasteiger partial charge in [0.15, 0.2) is 5.69 Å². The van der Waals surface area contributed by atoms with E-state index in [1.54, 1.807) is 17.0 Å². The number of phenolic OH excluding ortho intramolecular Hbond substituents is 1. The molecule has 1 unspecified atom stereocenters. The topological polar surface area (TPSA) is 129 Å². The Hall–Kier alpha value is -5.33. The highest BCUT2D eigenvalue weighted by Crippen LogP contribution is 2.38. The number of aromatic nitrogens is 2. The SMILES string of the molecule is C#CCn1c(=O)c([N+](=O)[O-])c(N2CCN(C(c3ccc(F)cc3)c3ccc(F)cc3O)CC2)c2nc(C#N)ccc21. The zero-order valence-corrected chi connectivity index (χ0v) is 21.5. The molecule has 206 valence electrons. The van der Waals surface area contributed by atoms with Gasteiger partial charge in [0.25, 0.3) is 0 Å². The second kappa shape index (κ2) is 11.0. The van der Waals surface area contributed by atoms with Crippen LogP contribution in [-0.2, 0) is 6.54 Å². The molecule has 1 atom stereocenters. The summed E-state index contributed by atoms with van der Waals surface area (Å²) in [5.74, 6) is 1.01. The summed E-state index contributed by atoms with van der Waals surface area (Å²) in [4.78, 5) is 32.7. The van der Waals surface area contributed by atoms with Gasteiger partial charge in [0.2, 0.25) is 0 Å². The lowest BCUT2D eigenvalue weighted by molar-refractivity contribution is -0.385. The number of halogens is 2. The van der Waals surface area contributed by atoms with E-state index in [0.29, 0.717) is 24.2 Å². The van der Waals surface area contributed by atoms with Crippen molar-refractivity contribution in [1.82, 2.24) is 14.5 Å². The van der Waals surface area contributed by atoms with Crippen molar-refractivity contribution in [2.75, 3.05) is 31.1 Å². The van der Waals surface area contributed by atoms with Crippen LogP contribution in [0.4, 0.5) is 20.2 Å². The molecule has 1 fully saturated rings. The number of nitriles is 1. The number of hydrogen-bond donors (Lipinski definition) is 1. The van der Waals surface area contributed by atoms with Gasteiger partial charge in [0.1, 0.15) is 34.7 Å². The number of anilines is 1. The monoisotopic (exact) mass is 556 g/mol. The molecule has 5 rings (SSSR count). The molecule has 0 aliphatic carbocycles. The van der Waals surface area contributed by atoms with E-state index in [4.69, 9.17) is 6.42 Å². The number of pyridine rings is 2. The van der Waals surface area contributed by atoms with Crippen molar-refractivity contribution in [3.8, 4) is 24.2 Å². The second-order valence-corrected chi connectivity index (χ2v) is 9.41. The zero-order valence-electron chi connectivity index (χ0n) is 21.5. The quantitative estimate of drug-likeness (QED) is 0.216. The fourth-order valence-corrected chi connectivity index (χ4v) is 5.25. The number of terminal acetylenes is 1. The van der Waals surface area contributed by atoms with Crippen molar-refractivity contribution in [3.05, 3.63) is 104 Å². The Morgan fingerprint density at radius 2 is 1.76 bits per heavy atom. The van der Waals surface area contributed by atoms with E-state index in [0.717, 1.165) is 10.6 Å². The van der Waals surface area contributed by atoms with Crippen LogP contribution < -0.4 is 10.5 Å². The molecule has 0 radical (unpaired) electrons. The minimum Gasteiger partial charge on any atom is -0.507 e. The molecule has 1 aliphatic heterocycles. The van der Waals surface area contributed by atoms with E-state index in [2.05, 4.69) is 10.9 Å². The lowest BCUT2D eigenvalue weighted by Crippen LogP contribution is -2.48. The van der Waals surface area contributed by atoms with E-state index in [9.17, 15) is 34.1 Å². The first-order valence-electron chi connectivity index (χ1n) is 12.5. The summed E-state index contributed by atoms with van der Waals surface area (Å²) in [5, 5.41) is 32.2. The summed E-state index contributed by atoms with van der Waals surface area (Å²) in [5.41, 5.74) is -0.167. The summed E-state index contributed by atoms with van der Waals surface area (Å²) in [6.45, 7) is 0.767. The molecule has 12 heteroatoms. The van der Waals surface area contributed by atoms with Gasteiger partial charge in [0.05, 0.1) is 23.0 Å². The smallest absolute Gasteiger partial charge is 0.359 e. The third-order valence-electron chi connectivity index (χ3n) is 7.08. The molecule has 1 saturated heterocycles. The number of aromatic hydroxyl groups is 1. The average molecular weight is 557 g/mol. The van der Waals surface area contributed by atoms with Crippen LogP contribution in [0.15, 0.2) is 59.4 Å². The van der Waals surface area contributed by atoms with E-state index in [1.165, 1.54) is 36.4 Å². The number of phenols is 1.